The maximum Gasteiger partial charge on any atom is 0.270 e. The number of amides is 2. The van der Waals surface area contributed by atoms with Crippen LogP contribution < -0.4 is 5.32 Å². The molecule has 1 aliphatic rings. The van der Waals surface area contributed by atoms with E-state index in [0.29, 0.717) is 45.4 Å². The van der Waals surface area contributed by atoms with Gasteiger partial charge in [-0.05, 0) is 23.8 Å². The SMILES string of the molecule is O=C1C=C(Cc2ccc(N=C(c3ccccc3)c3c(O)[nH]c4ccc([N+](=O)[O-])cc34)cc2)C(=O)N1. The van der Waals surface area contributed by atoms with Crippen LogP contribution in [0.3, 0.4) is 0 Å². The summed E-state index contributed by atoms with van der Waals surface area (Å²) in [6.45, 7) is 0. The molecule has 9 nitrogen and oxygen atoms in total. The van der Waals surface area contributed by atoms with Crippen LogP contribution in [0.4, 0.5) is 11.4 Å². The topological polar surface area (TPSA) is 138 Å². The van der Waals surface area contributed by atoms with Crippen LogP contribution in [-0.2, 0) is 16.0 Å². The zero-order valence-electron chi connectivity index (χ0n) is 18.2. The normalized spacial score (nSPS) is 13.7. The predicted molar refractivity (Wildman–Crippen MR) is 130 cm³/mol. The Hall–Kier alpha value is -5.05. The number of benzene rings is 3. The van der Waals surface area contributed by atoms with Gasteiger partial charge in [0.25, 0.3) is 17.5 Å². The number of hydrogen-bond donors (Lipinski definition) is 3. The highest BCUT2D eigenvalue weighted by Crippen LogP contribution is 2.33. The van der Waals surface area contributed by atoms with Crippen LogP contribution >= 0.6 is 0 Å². The molecule has 35 heavy (non-hydrogen) atoms. The Morgan fingerprint density at radius 3 is 2.40 bits per heavy atom. The maximum absolute atomic E-state index is 11.8. The Morgan fingerprint density at radius 1 is 1.00 bits per heavy atom. The van der Waals surface area contributed by atoms with Crippen LogP contribution in [0.1, 0.15) is 16.7 Å². The molecule has 3 N–H and O–H groups in total. The Balaban J connectivity index is 1.58. The number of fused-ring (bicyclic) bond motifs is 1. The summed E-state index contributed by atoms with van der Waals surface area (Å²) in [6, 6.07) is 20.7. The lowest BCUT2D eigenvalue weighted by molar-refractivity contribution is -0.384. The number of H-pyrrole nitrogens is 1. The number of nitro groups is 1. The Kier molecular flexibility index (Phi) is 5.42. The highest BCUT2D eigenvalue weighted by atomic mass is 16.6. The van der Waals surface area contributed by atoms with Crippen LogP contribution in [0, 0.1) is 10.1 Å². The van der Waals surface area contributed by atoms with E-state index in [1.54, 1.807) is 30.3 Å². The fourth-order valence-electron chi connectivity index (χ4n) is 4.00. The van der Waals surface area contributed by atoms with Crippen molar-refractivity contribution in [1.82, 2.24) is 10.3 Å². The number of nitrogens with zero attached hydrogens (tertiary/aromatic N) is 2. The minimum atomic E-state index is -0.487. The molecule has 0 radical (unpaired) electrons. The van der Waals surface area contributed by atoms with Crippen molar-refractivity contribution in [3.05, 3.63) is 111 Å². The van der Waals surface area contributed by atoms with Gasteiger partial charge < -0.3 is 10.1 Å². The number of aromatic nitrogens is 1. The molecule has 3 aromatic carbocycles. The number of carbonyl (C=O) groups excluding carboxylic acids is 2. The first-order chi connectivity index (χ1) is 16.9. The predicted octanol–water partition coefficient (Wildman–Crippen LogP) is 4.08. The molecule has 9 heteroatoms. The molecule has 0 atom stereocenters. The van der Waals surface area contributed by atoms with Gasteiger partial charge in [-0.1, -0.05) is 42.5 Å². The van der Waals surface area contributed by atoms with Crippen molar-refractivity contribution in [2.45, 2.75) is 6.42 Å². The quantitative estimate of drug-likeness (QED) is 0.170. The lowest BCUT2D eigenvalue weighted by Gasteiger charge is -2.08. The molecule has 2 amide bonds. The van der Waals surface area contributed by atoms with Crippen molar-refractivity contribution >= 4 is 39.8 Å². The van der Waals surface area contributed by atoms with Gasteiger partial charge in [-0.2, -0.15) is 0 Å². The molecule has 0 fully saturated rings. The van der Waals surface area contributed by atoms with E-state index >= 15 is 0 Å². The fourth-order valence-corrected chi connectivity index (χ4v) is 4.00. The standard InChI is InChI=1S/C26H18N4O5/c31-22-13-17(25(32)29-22)12-15-6-8-18(9-7-15)27-24(16-4-2-1-3-5-16)23-20-14-19(30(34)35)10-11-21(20)28-26(23)33/h1-11,13-14,28,33H,12H2,(H,29,31,32). The van der Waals surface area contributed by atoms with Gasteiger partial charge in [0.2, 0.25) is 0 Å². The first kappa shape index (κ1) is 21.8. The molecule has 0 saturated heterocycles. The molecule has 5 rings (SSSR count). The Morgan fingerprint density at radius 2 is 1.74 bits per heavy atom. The molecule has 4 aromatic rings. The van der Waals surface area contributed by atoms with E-state index in [1.165, 1.54) is 18.2 Å². The molecular formula is C26H18N4O5. The fraction of sp³-hybridized carbons (Fsp3) is 0.0385. The molecule has 172 valence electrons. The minimum Gasteiger partial charge on any atom is -0.494 e. The number of aromatic hydroxyl groups is 1. The number of aliphatic imine (C=N–C) groups is 1. The number of non-ortho nitro benzene ring substituents is 1. The van der Waals surface area contributed by atoms with Crippen LogP contribution in [0.25, 0.3) is 10.9 Å². The number of rotatable bonds is 6. The largest absolute Gasteiger partial charge is 0.494 e. The summed E-state index contributed by atoms with van der Waals surface area (Å²) in [5.41, 5.74) is 3.74. The lowest BCUT2D eigenvalue weighted by Crippen LogP contribution is -2.22. The van der Waals surface area contributed by atoms with Crippen molar-refractivity contribution in [1.29, 1.82) is 0 Å². The third kappa shape index (κ3) is 4.30. The summed E-state index contributed by atoms with van der Waals surface area (Å²) in [6.07, 6.45) is 1.60. The molecule has 2 heterocycles. The van der Waals surface area contributed by atoms with Gasteiger partial charge in [-0.3, -0.25) is 25.0 Å². The minimum absolute atomic E-state index is 0.0988. The molecular weight excluding hydrogens is 448 g/mol. The summed E-state index contributed by atoms with van der Waals surface area (Å²) >= 11 is 0. The first-order valence-corrected chi connectivity index (χ1v) is 10.7. The number of carbonyl (C=O) groups is 2. The van der Waals surface area contributed by atoms with Gasteiger partial charge in [0.05, 0.1) is 21.9 Å². The zero-order chi connectivity index (χ0) is 24.5. The van der Waals surface area contributed by atoms with Gasteiger partial charge >= 0.3 is 0 Å². The number of imide groups is 1. The van der Waals surface area contributed by atoms with Gasteiger partial charge in [0.15, 0.2) is 5.88 Å². The highest BCUT2D eigenvalue weighted by molar-refractivity contribution is 6.22. The lowest BCUT2D eigenvalue weighted by atomic mass is 10.0. The summed E-state index contributed by atoms with van der Waals surface area (Å²) in [5.74, 6) is -0.964. The van der Waals surface area contributed by atoms with Gasteiger partial charge in [-0.15, -0.1) is 0 Å². The number of aromatic amines is 1. The van der Waals surface area contributed by atoms with E-state index in [9.17, 15) is 24.8 Å². The Labute approximate surface area is 198 Å². The second-order valence-corrected chi connectivity index (χ2v) is 7.99. The molecule has 0 bridgehead atoms. The van der Waals surface area contributed by atoms with Gasteiger partial charge in [-0.25, -0.2) is 4.99 Å². The van der Waals surface area contributed by atoms with Crippen LogP contribution in [0.2, 0.25) is 0 Å². The third-order valence-electron chi connectivity index (χ3n) is 5.66. The number of nitrogens with one attached hydrogen (secondary N) is 2. The molecule has 0 saturated carbocycles. The van der Waals surface area contributed by atoms with Crippen LogP contribution in [0.5, 0.6) is 5.88 Å². The van der Waals surface area contributed by atoms with Gasteiger partial charge in [0.1, 0.15) is 0 Å². The van der Waals surface area contributed by atoms with Gasteiger partial charge in [0, 0.05) is 46.7 Å². The number of hydrogen-bond acceptors (Lipinski definition) is 6. The van der Waals surface area contributed by atoms with E-state index in [2.05, 4.69) is 10.3 Å². The van der Waals surface area contributed by atoms with E-state index < -0.39 is 16.7 Å². The van der Waals surface area contributed by atoms with Crippen LogP contribution in [0.15, 0.2) is 89.4 Å². The smallest absolute Gasteiger partial charge is 0.270 e. The zero-order valence-corrected chi connectivity index (χ0v) is 18.2. The second kappa shape index (κ2) is 8.71. The molecule has 1 aromatic heterocycles. The highest BCUT2D eigenvalue weighted by Gasteiger charge is 2.22. The van der Waals surface area contributed by atoms with Crippen molar-refractivity contribution in [3.63, 3.8) is 0 Å². The second-order valence-electron chi connectivity index (χ2n) is 7.99. The Bertz CT molecular complexity index is 1550. The monoisotopic (exact) mass is 466 g/mol. The van der Waals surface area contributed by atoms with Crippen molar-refractivity contribution in [2.24, 2.45) is 4.99 Å². The van der Waals surface area contributed by atoms with E-state index in [-0.39, 0.29) is 11.6 Å². The summed E-state index contributed by atoms with van der Waals surface area (Å²) in [7, 11) is 0. The molecule has 0 aliphatic carbocycles. The average molecular weight is 466 g/mol. The van der Waals surface area contributed by atoms with E-state index in [0.717, 1.165) is 5.56 Å². The summed E-state index contributed by atoms with van der Waals surface area (Å²) in [5, 5.41) is 24.8. The summed E-state index contributed by atoms with van der Waals surface area (Å²) < 4.78 is 0. The molecule has 0 spiro atoms. The first-order valence-electron chi connectivity index (χ1n) is 10.7. The van der Waals surface area contributed by atoms with E-state index in [4.69, 9.17) is 4.99 Å². The van der Waals surface area contributed by atoms with Crippen molar-refractivity contribution < 1.29 is 19.6 Å². The van der Waals surface area contributed by atoms with Crippen molar-refractivity contribution in [3.8, 4) is 5.88 Å². The number of nitro benzene ring substituents is 1. The maximum atomic E-state index is 11.8. The van der Waals surface area contributed by atoms with E-state index in [1.807, 2.05) is 30.3 Å². The molecule has 1 aliphatic heterocycles. The summed E-state index contributed by atoms with van der Waals surface area (Å²) in [4.78, 5) is 41.7. The third-order valence-corrected chi connectivity index (χ3v) is 5.66. The molecule has 0 unspecified atom stereocenters. The average Bonchev–Trinajstić information content (AvgIpc) is 3.35. The van der Waals surface area contributed by atoms with Crippen LogP contribution in [-0.4, -0.2) is 32.5 Å². The van der Waals surface area contributed by atoms with Crippen molar-refractivity contribution in [2.75, 3.05) is 0 Å².